The molecular formula is C15H21ClN4S. The van der Waals surface area contributed by atoms with Gasteiger partial charge in [0, 0.05) is 35.7 Å². The zero-order valence-corrected chi connectivity index (χ0v) is 14.2. The number of hydrogen-bond donors (Lipinski definition) is 1. The molecule has 0 spiro atoms. The molecule has 1 N–H and O–H groups in total. The highest BCUT2D eigenvalue weighted by atomic mass is 35.5. The average molecular weight is 325 g/mol. The third-order valence-electron chi connectivity index (χ3n) is 3.50. The molecular weight excluding hydrogens is 304 g/mol. The molecule has 4 nitrogen and oxygen atoms in total. The van der Waals surface area contributed by atoms with Crippen molar-refractivity contribution in [2.75, 3.05) is 18.9 Å². The van der Waals surface area contributed by atoms with Crippen molar-refractivity contribution in [2.45, 2.75) is 32.9 Å². The van der Waals surface area contributed by atoms with Gasteiger partial charge in [-0.15, -0.1) is 5.10 Å². The standard InChI is InChI=1S/C15H21ClN4S/c1-4-9-17-15-14(18-19-21-15)10-20(3)11(2)12-5-7-13(16)8-6-12/h5-8,11,17H,4,9-10H2,1-3H3. The lowest BCUT2D eigenvalue weighted by Gasteiger charge is -2.24. The van der Waals surface area contributed by atoms with Gasteiger partial charge in [0.05, 0.1) is 0 Å². The highest BCUT2D eigenvalue weighted by molar-refractivity contribution is 7.10. The molecule has 2 rings (SSSR count). The van der Waals surface area contributed by atoms with Crippen LogP contribution in [-0.2, 0) is 6.54 Å². The minimum absolute atomic E-state index is 0.294. The normalized spacial score (nSPS) is 12.6. The number of hydrogen-bond acceptors (Lipinski definition) is 5. The molecule has 1 aromatic carbocycles. The molecule has 0 radical (unpaired) electrons. The van der Waals surface area contributed by atoms with Crippen molar-refractivity contribution in [2.24, 2.45) is 0 Å². The van der Waals surface area contributed by atoms with Gasteiger partial charge in [0.2, 0.25) is 0 Å². The van der Waals surface area contributed by atoms with Gasteiger partial charge in [0.15, 0.2) is 0 Å². The number of benzene rings is 1. The number of halogens is 1. The van der Waals surface area contributed by atoms with E-state index in [0.29, 0.717) is 6.04 Å². The van der Waals surface area contributed by atoms with E-state index in [1.165, 1.54) is 17.1 Å². The van der Waals surface area contributed by atoms with Crippen LogP contribution < -0.4 is 5.32 Å². The van der Waals surface area contributed by atoms with Crippen LogP contribution in [0.4, 0.5) is 5.00 Å². The maximum atomic E-state index is 5.94. The van der Waals surface area contributed by atoms with Crippen LogP contribution in [0.3, 0.4) is 0 Å². The Hall–Kier alpha value is -1.17. The van der Waals surface area contributed by atoms with Gasteiger partial charge in [0.1, 0.15) is 10.7 Å². The van der Waals surface area contributed by atoms with E-state index in [1.54, 1.807) is 0 Å². The van der Waals surface area contributed by atoms with Crippen LogP contribution in [0.2, 0.25) is 5.02 Å². The fraction of sp³-hybridized carbons (Fsp3) is 0.467. The summed E-state index contributed by atoms with van der Waals surface area (Å²) in [7, 11) is 2.10. The van der Waals surface area contributed by atoms with Gasteiger partial charge < -0.3 is 5.32 Å². The number of anilines is 1. The molecule has 0 saturated carbocycles. The summed E-state index contributed by atoms with van der Waals surface area (Å²) in [6.07, 6.45) is 1.09. The highest BCUT2D eigenvalue weighted by Gasteiger charge is 2.16. The molecule has 0 aliphatic carbocycles. The molecule has 0 saturated heterocycles. The SMILES string of the molecule is CCCNc1snnc1CN(C)C(C)c1ccc(Cl)cc1. The van der Waals surface area contributed by atoms with Crippen molar-refractivity contribution in [3.8, 4) is 0 Å². The largest absolute Gasteiger partial charge is 0.374 e. The van der Waals surface area contributed by atoms with Crippen molar-refractivity contribution >= 4 is 28.1 Å². The Labute approximate surface area is 135 Å². The second kappa shape index (κ2) is 7.73. The average Bonchev–Trinajstić information content (AvgIpc) is 2.92. The summed E-state index contributed by atoms with van der Waals surface area (Å²) >= 11 is 7.37. The molecule has 1 heterocycles. The molecule has 1 atom stereocenters. The lowest BCUT2D eigenvalue weighted by atomic mass is 10.1. The van der Waals surface area contributed by atoms with Crippen LogP contribution in [0.15, 0.2) is 24.3 Å². The van der Waals surface area contributed by atoms with Crippen molar-refractivity contribution in [3.63, 3.8) is 0 Å². The summed E-state index contributed by atoms with van der Waals surface area (Å²) in [4.78, 5) is 2.26. The first-order chi connectivity index (χ1) is 10.1. The summed E-state index contributed by atoms with van der Waals surface area (Å²) in [6, 6.07) is 8.29. The highest BCUT2D eigenvalue weighted by Crippen LogP contribution is 2.25. The predicted octanol–water partition coefficient (Wildman–Crippen LogP) is 4.21. The molecule has 1 unspecified atom stereocenters. The first kappa shape index (κ1) is 16.2. The number of rotatable bonds is 7. The molecule has 1 aromatic heterocycles. The van der Waals surface area contributed by atoms with Crippen LogP contribution in [0, 0.1) is 0 Å². The molecule has 0 bridgehead atoms. The lowest BCUT2D eigenvalue weighted by molar-refractivity contribution is 0.250. The fourth-order valence-corrected chi connectivity index (χ4v) is 2.78. The second-order valence-electron chi connectivity index (χ2n) is 5.12. The molecule has 0 fully saturated rings. The Kier molecular flexibility index (Phi) is 5.96. The van der Waals surface area contributed by atoms with Gasteiger partial charge in [-0.2, -0.15) is 0 Å². The Morgan fingerprint density at radius 1 is 1.33 bits per heavy atom. The summed E-state index contributed by atoms with van der Waals surface area (Å²) in [6.45, 7) is 6.05. The molecule has 6 heteroatoms. The van der Waals surface area contributed by atoms with Gasteiger partial charge >= 0.3 is 0 Å². The zero-order valence-electron chi connectivity index (χ0n) is 12.6. The summed E-state index contributed by atoms with van der Waals surface area (Å²) in [5, 5.41) is 9.47. The molecule has 114 valence electrons. The van der Waals surface area contributed by atoms with Gasteiger partial charge in [-0.05, 0) is 38.1 Å². The summed E-state index contributed by atoms with van der Waals surface area (Å²) < 4.78 is 4.06. The van der Waals surface area contributed by atoms with E-state index in [9.17, 15) is 0 Å². The number of nitrogens with zero attached hydrogens (tertiary/aromatic N) is 3. The topological polar surface area (TPSA) is 41.1 Å². The zero-order chi connectivity index (χ0) is 15.2. The van der Waals surface area contributed by atoms with Crippen molar-refractivity contribution in [3.05, 3.63) is 40.5 Å². The van der Waals surface area contributed by atoms with E-state index < -0.39 is 0 Å². The van der Waals surface area contributed by atoms with Gasteiger partial charge in [-0.1, -0.05) is 35.1 Å². The summed E-state index contributed by atoms with van der Waals surface area (Å²) in [5.41, 5.74) is 2.25. The Morgan fingerprint density at radius 2 is 2.05 bits per heavy atom. The van der Waals surface area contributed by atoms with Gasteiger partial charge in [-0.25, -0.2) is 0 Å². The first-order valence-corrected chi connectivity index (χ1v) is 8.27. The fourth-order valence-electron chi connectivity index (χ4n) is 2.05. The quantitative estimate of drug-likeness (QED) is 0.828. The van der Waals surface area contributed by atoms with Crippen molar-refractivity contribution in [1.29, 1.82) is 0 Å². The third-order valence-corrected chi connectivity index (χ3v) is 4.48. The molecule has 0 aliphatic heterocycles. The Balaban J connectivity index is 2.02. The molecule has 21 heavy (non-hydrogen) atoms. The van der Waals surface area contributed by atoms with Crippen LogP contribution in [0.5, 0.6) is 0 Å². The van der Waals surface area contributed by atoms with Crippen LogP contribution in [0.1, 0.15) is 37.6 Å². The molecule has 2 aromatic rings. The van der Waals surface area contributed by atoms with Crippen molar-refractivity contribution in [1.82, 2.24) is 14.5 Å². The van der Waals surface area contributed by atoms with Gasteiger partial charge in [0.25, 0.3) is 0 Å². The van der Waals surface area contributed by atoms with Crippen LogP contribution in [0.25, 0.3) is 0 Å². The Bertz CT molecular complexity index is 555. The first-order valence-electron chi connectivity index (χ1n) is 7.12. The Morgan fingerprint density at radius 3 is 2.71 bits per heavy atom. The molecule has 0 amide bonds. The van der Waals surface area contributed by atoms with Crippen molar-refractivity contribution < 1.29 is 0 Å². The number of nitrogens with one attached hydrogen (secondary N) is 1. The maximum Gasteiger partial charge on any atom is 0.134 e. The second-order valence-corrected chi connectivity index (χ2v) is 6.31. The minimum atomic E-state index is 0.294. The van der Waals surface area contributed by atoms with E-state index in [1.807, 2.05) is 12.1 Å². The van der Waals surface area contributed by atoms with E-state index >= 15 is 0 Å². The monoisotopic (exact) mass is 324 g/mol. The lowest BCUT2D eigenvalue weighted by Crippen LogP contribution is -2.22. The third kappa shape index (κ3) is 4.40. The minimum Gasteiger partial charge on any atom is -0.374 e. The van der Waals surface area contributed by atoms with Gasteiger partial charge in [-0.3, -0.25) is 4.90 Å². The van der Waals surface area contributed by atoms with Crippen LogP contribution in [-0.4, -0.2) is 28.1 Å². The predicted molar refractivity (Wildman–Crippen MR) is 90.0 cm³/mol. The number of aromatic nitrogens is 2. The smallest absolute Gasteiger partial charge is 0.134 e. The van der Waals surface area contributed by atoms with E-state index in [2.05, 4.69) is 52.8 Å². The van der Waals surface area contributed by atoms with E-state index in [-0.39, 0.29) is 0 Å². The maximum absolute atomic E-state index is 5.94. The molecule has 0 aliphatic rings. The summed E-state index contributed by atoms with van der Waals surface area (Å²) in [5.74, 6) is 0. The van der Waals surface area contributed by atoms with Crippen LogP contribution >= 0.6 is 23.1 Å². The van der Waals surface area contributed by atoms with E-state index in [4.69, 9.17) is 11.6 Å². The van der Waals surface area contributed by atoms with E-state index in [0.717, 1.165) is 35.2 Å².